The molecule has 4 heteroatoms. The molecule has 1 aromatic rings. The van der Waals surface area contributed by atoms with E-state index in [1.165, 1.54) is 0 Å². The highest BCUT2D eigenvalue weighted by Gasteiger charge is 1.98. The second-order valence-corrected chi connectivity index (χ2v) is 3.10. The molecule has 1 atom stereocenters. The van der Waals surface area contributed by atoms with Gasteiger partial charge in [-0.1, -0.05) is 5.18 Å². The first-order chi connectivity index (χ1) is 6.33. The molecular formula is C9H15N3O. The van der Waals surface area contributed by atoms with Gasteiger partial charge >= 0.3 is 0 Å². The Labute approximate surface area is 77.9 Å². The van der Waals surface area contributed by atoms with Crippen molar-refractivity contribution in [2.45, 2.75) is 25.8 Å². The molecule has 0 aliphatic carbocycles. The Kier molecular flexibility index (Phi) is 4.02. The maximum atomic E-state index is 10.1. The van der Waals surface area contributed by atoms with Crippen molar-refractivity contribution in [2.24, 2.45) is 5.18 Å². The van der Waals surface area contributed by atoms with Gasteiger partial charge in [0.25, 0.3) is 0 Å². The highest BCUT2D eigenvalue weighted by Crippen LogP contribution is 1.99. The van der Waals surface area contributed by atoms with Crippen LogP contribution in [0.4, 0.5) is 0 Å². The van der Waals surface area contributed by atoms with Crippen LogP contribution >= 0.6 is 0 Å². The molecular weight excluding hydrogens is 166 g/mol. The van der Waals surface area contributed by atoms with Crippen LogP contribution in [0.5, 0.6) is 0 Å². The molecule has 0 bridgehead atoms. The van der Waals surface area contributed by atoms with Crippen molar-refractivity contribution in [3.05, 3.63) is 29.4 Å². The van der Waals surface area contributed by atoms with Gasteiger partial charge in [-0.25, -0.2) is 0 Å². The van der Waals surface area contributed by atoms with E-state index in [9.17, 15) is 4.91 Å². The normalized spacial score (nSPS) is 12.4. The summed E-state index contributed by atoms with van der Waals surface area (Å²) in [7, 11) is 0. The molecule has 0 amide bonds. The lowest BCUT2D eigenvalue weighted by Gasteiger charge is -2.07. The molecule has 0 aliphatic heterocycles. The Balaban J connectivity index is 2.05. The average Bonchev–Trinajstić information content (AvgIpc) is 2.64. The summed E-state index contributed by atoms with van der Waals surface area (Å²) in [6.07, 6.45) is 5.70. The van der Waals surface area contributed by atoms with Gasteiger partial charge in [0.2, 0.25) is 0 Å². The Morgan fingerprint density at radius 1 is 1.46 bits per heavy atom. The van der Waals surface area contributed by atoms with Gasteiger partial charge in [0.15, 0.2) is 0 Å². The van der Waals surface area contributed by atoms with E-state index in [2.05, 4.69) is 10.6 Å². The Hall–Kier alpha value is -1.32. The first kappa shape index (κ1) is 9.77. The molecule has 13 heavy (non-hydrogen) atoms. The van der Waals surface area contributed by atoms with Gasteiger partial charge in [-0.05, 0) is 31.9 Å². The second kappa shape index (κ2) is 5.35. The molecule has 0 radical (unpaired) electrons. The monoisotopic (exact) mass is 181 g/mol. The van der Waals surface area contributed by atoms with E-state index in [0.29, 0.717) is 0 Å². The van der Waals surface area contributed by atoms with E-state index >= 15 is 0 Å². The molecule has 0 saturated heterocycles. The lowest BCUT2D eigenvalue weighted by molar-refractivity contribution is 0.622. The number of hydrogen-bond acceptors (Lipinski definition) is 3. The summed E-state index contributed by atoms with van der Waals surface area (Å²) >= 11 is 0. The minimum atomic E-state index is -0.0635. The third kappa shape index (κ3) is 3.73. The minimum Gasteiger partial charge on any atom is -0.326 e. The number of aromatic nitrogens is 1. The largest absolute Gasteiger partial charge is 0.326 e. The lowest BCUT2D eigenvalue weighted by Crippen LogP contribution is -2.14. The SMILES string of the molecule is CC(CCCNn1cccc1)N=O. The van der Waals surface area contributed by atoms with Crippen LogP contribution in [0.1, 0.15) is 19.8 Å². The number of nitroso groups, excluding NO2 is 1. The van der Waals surface area contributed by atoms with Crippen molar-refractivity contribution in [2.75, 3.05) is 12.0 Å². The number of nitrogens with one attached hydrogen (secondary N) is 1. The molecule has 1 heterocycles. The van der Waals surface area contributed by atoms with Crippen LogP contribution < -0.4 is 5.43 Å². The van der Waals surface area contributed by atoms with Gasteiger partial charge < -0.3 is 5.43 Å². The zero-order valence-corrected chi connectivity index (χ0v) is 7.81. The maximum Gasteiger partial charge on any atom is 0.0892 e. The molecule has 4 nitrogen and oxygen atoms in total. The van der Waals surface area contributed by atoms with Gasteiger partial charge in [0.1, 0.15) is 0 Å². The zero-order chi connectivity index (χ0) is 9.52. The van der Waals surface area contributed by atoms with Crippen molar-refractivity contribution in [1.29, 1.82) is 0 Å². The first-order valence-corrected chi connectivity index (χ1v) is 4.52. The van der Waals surface area contributed by atoms with Crippen molar-refractivity contribution in [3.8, 4) is 0 Å². The minimum absolute atomic E-state index is 0.0635. The van der Waals surface area contributed by atoms with Gasteiger partial charge in [-0.15, -0.1) is 0 Å². The van der Waals surface area contributed by atoms with Gasteiger partial charge in [0.05, 0.1) is 6.04 Å². The summed E-state index contributed by atoms with van der Waals surface area (Å²) in [6.45, 7) is 2.71. The molecule has 72 valence electrons. The van der Waals surface area contributed by atoms with Crippen LogP contribution in [0.25, 0.3) is 0 Å². The van der Waals surface area contributed by atoms with Gasteiger partial charge in [-0.2, -0.15) is 4.91 Å². The summed E-state index contributed by atoms with van der Waals surface area (Å²) < 4.78 is 1.90. The third-order valence-corrected chi connectivity index (χ3v) is 1.88. The van der Waals surface area contributed by atoms with E-state index in [4.69, 9.17) is 0 Å². The fourth-order valence-electron chi connectivity index (χ4n) is 1.10. The van der Waals surface area contributed by atoms with Crippen LogP contribution in [-0.4, -0.2) is 17.3 Å². The standard InChI is InChI=1S/C9H15N3O/c1-9(11-13)5-4-6-10-12-7-2-3-8-12/h2-3,7-10H,4-6H2,1H3. The van der Waals surface area contributed by atoms with E-state index in [-0.39, 0.29) is 6.04 Å². The van der Waals surface area contributed by atoms with Crippen molar-refractivity contribution in [1.82, 2.24) is 4.68 Å². The van der Waals surface area contributed by atoms with Crippen molar-refractivity contribution >= 4 is 0 Å². The molecule has 0 saturated carbocycles. The fourth-order valence-corrected chi connectivity index (χ4v) is 1.10. The van der Waals surface area contributed by atoms with Crippen LogP contribution in [0, 0.1) is 4.91 Å². The van der Waals surface area contributed by atoms with Crippen molar-refractivity contribution < 1.29 is 0 Å². The Morgan fingerprint density at radius 2 is 2.15 bits per heavy atom. The summed E-state index contributed by atoms with van der Waals surface area (Å²) in [5.41, 5.74) is 3.18. The molecule has 0 aliphatic rings. The zero-order valence-electron chi connectivity index (χ0n) is 7.81. The smallest absolute Gasteiger partial charge is 0.0892 e. The molecule has 0 fully saturated rings. The summed E-state index contributed by atoms with van der Waals surface area (Å²) in [5.74, 6) is 0. The highest BCUT2D eigenvalue weighted by atomic mass is 16.3. The number of rotatable bonds is 6. The maximum absolute atomic E-state index is 10.1. The van der Waals surface area contributed by atoms with E-state index in [1.54, 1.807) is 0 Å². The molecule has 0 aromatic carbocycles. The average molecular weight is 181 g/mol. The quantitative estimate of drug-likeness (QED) is 0.538. The van der Waals surface area contributed by atoms with Gasteiger partial charge in [-0.3, -0.25) is 4.68 Å². The fraction of sp³-hybridized carbons (Fsp3) is 0.556. The van der Waals surface area contributed by atoms with E-state index < -0.39 is 0 Å². The number of hydrogen-bond donors (Lipinski definition) is 1. The molecule has 1 rings (SSSR count). The van der Waals surface area contributed by atoms with Crippen LogP contribution in [0.3, 0.4) is 0 Å². The summed E-state index contributed by atoms with van der Waals surface area (Å²) in [4.78, 5) is 10.1. The molecule has 0 spiro atoms. The second-order valence-electron chi connectivity index (χ2n) is 3.10. The topological polar surface area (TPSA) is 46.4 Å². The van der Waals surface area contributed by atoms with E-state index in [1.807, 2.05) is 36.1 Å². The van der Waals surface area contributed by atoms with E-state index in [0.717, 1.165) is 19.4 Å². The predicted molar refractivity (Wildman–Crippen MR) is 53.2 cm³/mol. The lowest BCUT2D eigenvalue weighted by atomic mass is 10.2. The third-order valence-electron chi connectivity index (χ3n) is 1.88. The predicted octanol–water partition coefficient (Wildman–Crippen LogP) is 1.97. The van der Waals surface area contributed by atoms with Crippen LogP contribution in [-0.2, 0) is 0 Å². The highest BCUT2D eigenvalue weighted by molar-refractivity contribution is 4.92. The first-order valence-electron chi connectivity index (χ1n) is 4.52. The summed E-state index contributed by atoms with van der Waals surface area (Å²) in [5, 5.41) is 2.94. The molecule has 1 N–H and O–H groups in total. The Bertz CT molecular complexity index is 233. The molecule has 1 aromatic heterocycles. The van der Waals surface area contributed by atoms with Crippen LogP contribution in [0.15, 0.2) is 29.7 Å². The molecule has 1 unspecified atom stereocenters. The Morgan fingerprint density at radius 3 is 2.77 bits per heavy atom. The summed E-state index contributed by atoms with van der Waals surface area (Å²) in [6, 6.07) is 3.86. The number of nitrogens with zero attached hydrogens (tertiary/aromatic N) is 2. The van der Waals surface area contributed by atoms with Crippen LogP contribution in [0.2, 0.25) is 0 Å². The van der Waals surface area contributed by atoms with Crippen molar-refractivity contribution in [3.63, 3.8) is 0 Å². The van der Waals surface area contributed by atoms with Gasteiger partial charge in [0, 0.05) is 18.9 Å².